The van der Waals surface area contributed by atoms with Gasteiger partial charge >= 0.3 is 0 Å². The van der Waals surface area contributed by atoms with Crippen molar-refractivity contribution >= 4 is 5.91 Å². The first-order chi connectivity index (χ1) is 10.1. The molecule has 0 aromatic heterocycles. The lowest BCUT2D eigenvalue weighted by atomic mass is 10.1. The van der Waals surface area contributed by atoms with Gasteiger partial charge in [0.15, 0.2) is 0 Å². The molecule has 0 aliphatic carbocycles. The molecule has 1 amide bonds. The normalized spacial score (nSPS) is 19.0. The molecule has 0 spiro atoms. The Labute approximate surface area is 123 Å². The van der Waals surface area contributed by atoms with E-state index >= 15 is 0 Å². The van der Waals surface area contributed by atoms with Crippen molar-refractivity contribution in [1.29, 1.82) is 5.26 Å². The number of nitrogens with zero attached hydrogens (tertiary/aromatic N) is 2. The topological polar surface area (TPSA) is 68.2 Å². The second-order valence-corrected chi connectivity index (χ2v) is 5.04. The second-order valence-electron chi connectivity index (χ2n) is 5.04. The summed E-state index contributed by atoms with van der Waals surface area (Å²) in [6.45, 7) is 4.99. The summed E-state index contributed by atoms with van der Waals surface area (Å²) in [5, 5.41) is 14.9. The molecule has 5 nitrogen and oxygen atoms in total. The second kappa shape index (κ2) is 7.16. The van der Waals surface area contributed by atoms with E-state index in [0.717, 1.165) is 6.54 Å². The van der Waals surface area contributed by atoms with Crippen molar-refractivity contribution in [2.45, 2.75) is 19.5 Å². The van der Waals surface area contributed by atoms with Gasteiger partial charge in [0, 0.05) is 32.7 Å². The van der Waals surface area contributed by atoms with Gasteiger partial charge in [0.1, 0.15) is 11.9 Å². The number of halogens is 1. The Morgan fingerprint density at radius 1 is 1.57 bits per heavy atom. The molecule has 0 radical (unpaired) electrons. The maximum absolute atomic E-state index is 13.5. The maximum atomic E-state index is 13.5. The molecule has 1 aliphatic rings. The molecule has 21 heavy (non-hydrogen) atoms. The molecule has 1 aliphatic heterocycles. The summed E-state index contributed by atoms with van der Waals surface area (Å²) >= 11 is 0. The molecule has 1 atom stereocenters. The van der Waals surface area contributed by atoms with Crippen LogP contribution in [0.2, 0.25) is 0 Å². The Morgan fingerprint density at radius 3 is 3.10 bits per heavy atom. The van der Waals surface area contributed by atoms with Crippen LogP contribution >= 0.6 is 0 Å². The zero-order valence-electron chi connectivity index (χ0n) is 12.0. The number of carbonyl (C=O) groups excluding carboxylic acids is 1. The Hall–Kier alpha value is -1.97. The number of nitriles is 1. The monoisotopic (exact) mass is 290 g/mol. The van der Waals surface area contributed by atoms with Crippen LogP contribution in [0.1, 0.15) is 18.1 Å². The number of rotatable bonds is 4. The number of benzene rings is 1. The molecule has 6 heteroatoms. The molecular weight excluding hydrogens is 271 g/mol. The smallest absolute Gasteiger partial charge is 0.238 e. The molecule has 1 aromatic carbocycles. The van der Waals surface area contributed by atoms with Gasteiger partial charge in [-0.2, -0.15) is 5.26 Å². The zero-order valence-corrected chi connectivity index (χ0v) is 12.0. The predicted octanol–water partition coefficient (Wildman–Crippen LogP) is 0.607. The van der Waals surface area contributed by atoms with E-state index < -0.39 is 5.82 Å². The molecule has 1 fully saturated rings. The van der Waals surface area contributed by atoms with Crippen molar-refractivity contribution in [3.63, 3.8) is 0 Å². The van der Waals surface area contributed by atoms with E-state index in [4.69, 9.17) is 5.26 Å². The minimum absolute atomic E-state index is 0.0263. The van der Waals surface area contributed by atoms with Gasteiger partial charge in [0.05, 0.1) is 11.6 Å². The van der Waals surface area contributed by atoms with Crippen LogP contribution in [0.3, 0.4) is 0 Å². The Kier molecular flexibility index (Phi) is 5.26. The van der Waals surface area contributed by atoms with Crippen LogP contribution in [0.4, 0.5) is 4.39 Å². The van der Waals surface area contributed by atoms with Gasteiger partial charge in [0.25, 0.3) is 0 Å². The van der Waals surface area contributed by atoms with Crippen molar-refractivity contribution in [3.8, 4) is 6.07 Å². The van der Waals surface area contributed by atoms with Gasteiger partial charge in [-0.25, -0.2) is 4.39 Å². The van der Waals surface area contributed by atoms with Gasteiger partial charge < -0.3 is 10.6 Å². The SMILES string of the molecule is CCNC(=O)C1CNCCN1Cc1cc(F)cc(C#N)c1. The highest BCUT2D eigenvalue weighted by molar-refractivity contribution is 5.82. The van der Waals surface area contributed by atoms with Crippen LogP contribution in [0.25, 0.3) is 0 Å². The van der Waals surface area contributed by atoms with Crippen LogP contribution in [0.15, 0.2) is 18.2 Å². The highest BCUT2D eigenvalue weighted by Gasteiger charge is 2.28. The van der Waals surface area contributed by atoms with Gasteiger partial charge in [-0.1, -0.05) is 0 Å². The quantitative estimate of drug-likeness (QED) is 0.852. The predicted molar refractivity (Wildman–Crippen MR) is 76.9 cm³/mol. The van der Waals surface area contributed by atoms with E-state index in [1.807, 2.05) is 17.9 Å². The average molecular weight is 290 g/mol. The summed E-state index contributed by atoms with van der Waals surface area (Å²) in [5.74, 6) is -0.449. The summed E-state index contributed by atoms with van der Waals surface area (Å²) in [6.07, 6.45) is 0. The number of hydrogen-bond donors (Lipinski definition) is 2. The lowest BCUT2D eigenvalue weighted by molar-refractivity contribution is -0.127. The van der Waals surface area contributed by atoms with Crippen molar-refractivity contribution in [1.82, 2.24) is 15.5 Å². The lowest BCUT2D eigenvalue weighted by Crippen LogP contribution is -2.57. The minimum atomic E-state index is -0.422. The zero-order chi connectivity index (χ0) is 15.2. The van der Waals surface area contributed by atoms with Crippen LogP contribution in [0, 0.1) is 17.1 Å². The highest BCUT2D eigenvalue weighted by atomic mass is 19.1. The van der Waals surface area contributed by atoms with E-state index in [1.165, 1.54) is 12.1 Å². The first-order valence-electron chi connectivity index (χ1n) is 7.06. The standard InChI is InChI=1S/C15H19FN4O/c1-2-19-15(21)14-9-18-3-4-20(14)10-12-5-11(8-17)6-13(16)7-12/h5-7,14,18H,2-4,9-10H2,1H3,(H,19,21). The molecule has 2 rings (SSSR count). The summed E-state index contributed by atoms with van der Waals surface area (Å²) in [5.41, 5.74) is 1.01. The number of hydrogen-bond acceptors (Lipinski definition) is 4. The molecule has 1 aromatic rings. The largest absolute Gasteiger partial charge is 0.355 e. The van der Waals surface area contributed by atoms with Gasteiger partial charge in [-0.15, -0.1) is 0 Å². The molecular formula is C15H19FN4O. The number of likely N-dealkylation sites (N-methyl/N-ethyl adjacent to an activating group) is 1. The fourth-order valence-corrected chi connectivity index (χ4v) is 2.53. The van der Waals surface area contributed by atoms with Crippen LogP contribution in [-0.2, 0) is 11.3 Å². The third-order valence-corrected chi connectivity index (χ3v) is 3.48. The molecule has 0 saturated carbocycles. The molecule has 112 valence electrons. The minimum Gasteiger partial charge on any atom is -0.355 e. The summed E-state index contributed by atoms with van der Waals surface area (Å²) < 4.78 is 13.5. The van der Waals surface area contributed by atoms with Crippen molar-refractivity contribution in [2.75, 3.05) is 26.2 Å². The van der Waals surface area contributed by atoms with E-state index in [0.29, 0.717) is 37.3 Å². The third-order valence-electron chi connectivity index (χ3n) is 3.48. The Balaban J connectivity index is 2.14. The number of nitrogens with one attached hydrogen (secondary N) is 2. The van der Waals surface area contributed by atoms with Crippen molar-refractivity contribution < 1.29 is 9.18 Å². The molecule has 1 saturated heterocycles. The summed E-state index contributed by atoms with van der Waals surface area (Å²) in [6, 6.07) is 5.97. The summed E-state index contributed by atoms with van der Waals surface area (Å²) in [7, 11) is 0. The fourth-order valence-electron chi connectivity index (χ4n) is 2.53. The van der Waals surface area contributed by atoms with E-state index in [2.05, 4.69) is 10.6 Å². The number of carbonyl (C=O) groups is 1. The fraction of sp³-hybridized carbons (Fsp3) is 0.467. The van der Waals surface area contributed by atoms with Crippen molar-refractivity contribution in [3.05, 3.63) is 35.1 Å². The number of piperazine rings is 1. The van der Waals surface area contributed by atoms with Gasteiger partial charge in [-0.3, -0.25) is 9.69 Å². The number of amides is 1. The van der Waals surface area contributed by atoms with E-state index in [1.54, 1.807) is 6.07 Å². The Bertz CT molecular complexity index is 555. The average Bonchev–Trinajstić information content (AvgIpc) is 2.47. The van der Waals surface area contributed by atoms with Gasteiger partial charge in [0.2, 0.25) is 5.91 Å². The van der Waals surface area contributed by atoms with Crippen LogP contribution in [0.5, 0.6) is 0 Å². The van der Waals surface area contributed by atoms with Crippen molar-refractivity contribution in [2.24, 2.45) is 0 Å². The van der Waals surface area contributed by atoms with Gasteiger partial charge in [-0.05, 0) is 30.7 Å². The highest BCUT2D eigenvalue weighted by Crippen LogP contribution is 2.14. The first-order valence-corrected chi connectivity index (χ1v) is 7.06. The third kappa shape index (κ3) is 4.00. The molecule has 1 heterocycles. The maximum Gasteiger partial charge on any atom is 0.238 e. The Morgan fingerprint density at radius 2 is 2.38 bits per heavy atom. The lowest BCUT2D eigenvalue weighted by Gasteiger charge is -2.35. The van der Waals surface area contributed by atoms with E-state index in [-0.39, 0.29) is 11.9 Å². The van der Waals surface area contributed by atoms with E-state index in [9.17, 15) is 9.18 Å². The van der Waals surface area contributed by atoms with Crippen LogP contribution in [-0.4, -0.2) is 43.0 Å². The molecule has 0 bridgehead atoms. The first kappa shape index (κ1) is 15.4. The summed E-state index contributed by atoms with van der Waals surface area (Å²) in [4.78, 5) is 14.1. The van der Waals surface area contributed by atoms with Crippen LogP contribution < -0.4 is 10.6 Å². The molecule has 2 N–H and O–H groups in total. The molecule has 1 unspecified atom stereocenters.